The van der Waals surface area contributed by atoms with Crippen LogP contribution in [0.15, 0.2) is 71.6 Å². The zero-order valence-electron chi connectivity index (χ0n) is 16.5. The summed E-state index contributed by atoms with van der Waals surface area (Å²) in [6.45, 7) is 2.49. The third-order valence-corrected chi connectivity index (χ3v) is 5.82. The van der Waals surface area contributed by atoms with Crippen LogP contribution < -0.4 is 9.64 Å². The minimum atomic E-state index is -0.613. The highest BCUT2D eigenvalue weighted by atomic mass is 35.5. The van der Waals surface area contributed by atoms with Crippen molar-refractivity contribution >= 4 is 46.3 Å². The van der Waals surface area contributed by atoms with Gasteiger partial charge in [0.2, 0.25) is 0 Å². The second-order valence-electron chi connectivity index (χ2n) is 6.96. The molecular formula is C24H17ClFNO3S. The SMILES string of the molecule is Cc1ccc(COc2ccc(/C=C3\SC(=O)N(c4ccc(F)c(Cl)c4)C3=O)cc2)cc1. The second-order valence-corrected chi connectivity index (χ2v) is 8.36. The molecule has 0 aliphatic carbocycles. The van der Waals surface area contributed by atoms with Gasteiger partial charge in [-0.2, -0.15) is 0 Å². The van der Waals surface area contributed by atoms with Crippen LogP contribution in [0, 0.1) is 12.7 Å². The van der Waals surface area contributed by atoms with Crippen LogP contribution in [-0.4, -0.2) is 11.1 Å². The lowest BCUT2D eigenvalue weighted by Crippen LogP contribution is -2.27. The molecule has 4 rings (SSSR count). The Hall–Kier alpha value is -3.09. The highest BCUT2D eigenvalue weighted by molar-refractivity contribution is 8.19. The molecule has 3 aromatic rings. The van der Waals surface area contributed by atoms with Gasteiger partial charge in [-0.15, -0.1) is 0 Å². The molecule has 2 amide bonds. The van der Waals surface area contributed by atoms with Crippen LogP contribution >= 0.6 is 23.4 Å². The number of anilines is 1. The molecule has 0 spiro atoms. The van der Waals surface area contributed by atoms with Gasteiger partial charge < -0.3 is 4.74 Å². The molecule has 7 heteroatoms. The number of ether oxygens (including phenoxy) is 1. The molecule has 0 atom stereocenters. The number of hydrogen-bond acceptors (Lipinski definition) is 4. The Labute approximate surface area is 188 Å². The van der Waals surface area contributed by atoms with Crippen LogP contribution in [-0.2, 0) is 11.4 Å². The van der Waals surface area contributed by atoms with Crippen LogP contribution in [0.3, 0.4) is 0 Å². The fraction of sp³-hybridized carbons (Fsp3) is 0.0833. The first-order valence-corrected chi connectivity index (χ1v) is 10.6. The minimum Gasteiger partial charge on any atom is -0.489 e. The summed E-state index contributed by atoms with van der Waals surface area (Å²) in [5.41, 5.74) is 3.26. The summed E-state index contributed by atoms with van der Waals surface area (Å²) in [6, 6.07) is 19.1. The lowest BCUT2D eigenvalue weighted by atomic mass is 10.1. The summed E-state index contributed by atoms with van der Waals surface area (Å²) in [5.74, 6) is -0.387. The Bertz CT molecular complexity index is 1180. The lowest BCUT2D eigenvalue weighted by molar-refractivity contribution is -0.113. The predicted octanol–water partition coefficient (Wildman–Crippen LogP) is 6.61. The van der Waals surface area contributed by atoms with Crippen molar-refractivity contribution in [3.63, 3.8) is 0 Å². The number of amides is 2. The summed E-state index contributed by atoms with van der Waals surface area (Å²) in [5, 5.41) is -0.612. The molecule has 1 saturated heterocycles. The molecule has 0 N–H and O–H groups in total. The highest BCUT2D eigenvalue weighted by Gasteiger charge is 2.36. The second kappa shape index (κ2) is 8.96. The molecule has 1 fully saturated rings. The lowest BCUT2D eigenvalue weighted by Gasteiger charge is -2.12. The van der Waals surface area contributed by atoms with Gasteiger partial charge in [-0.25, -0.2) is 9.29 Å². The quantitative estimate of drug-likeness (QED) is 0.408. The number of halogens is 2. The van der Waals surface area contributed by atoms with E-state index in [1.54, 1.807) is 6.08 Å². The number of aryl methyl sites for hydroxylation is 1. The number of carbonyl (C=O) groups is 2. The van der Waals surface area contributed by atoms with E-state index in [-0.39, 0.29) is 15.6 Å². The van der Waals surface area contributed by atoms with E-state index in [4.69, 9.17) is 16.3 Å². The van der Waals surface area contributed by atoms with E-state index < -0.39 is 17.0 Å². The van der Waals surface area contributed by atoms with E-state index in [0.29, 0.717) is 12.4 Å². The van der Waals surface area contributed by atoms with Crippen molar-refractivity contribution in [2.24, 2.45) is 0 Å². The highest BCUT2D eigenvalue weighted by Crippen LogP contribution is 2.37. The monoisotopic (exact) mass is 453 g/mol. The van der Waals surface area contributed by atoms with Crippen LogP contribution in [0.5, 0.6) is 5.75 Å². The molecule has 3 aromatic carbocycles. The molecule has 156 valence electrons. The van der Waals surface area contributed by atoms with Gasteiger partial charge in [0.05, 0.1) is 15.6 Å². The van der Waals surface area contributed by atoms with Crippen LogP contribution in [0.1, 0.15) is 16.7 Å². The summed E-state index contributed by atoms with van der Waals surface area (Å²) in [4.78, 5) is 26.3. The average molecular weight is 454 g/mol. The first-order chi connectivity index (χ1) is 14.9. The van der Waals surface area contributed by atoms with Gasteiger partial charge in [0.15, 0.2) is 0 Å². The zero-order valence-corrected chi connectivity index (χ0v) is 18.0. The van der Waals surface area contributed by atoms with Gasteiger partial charge >= 0.3 is 0 Å². The van der Waals surface area contributed by atoms with Crippen molar-refractivity contribution in [2.45, 2.75) is 13.5 Å². The first kappa shape index (κ1) is 21.2. The van der Waals surface area contributed by atoms with E-state index in [1.165, 1.54) is 17.7 Å². The van der Waals surface area contributed by atoms with Gasteiger partial charge in [-0.05, 0) is 66.2 Å². The molecular weight excluding hydrogens is 437 g/mol. The predicted molar refractivity (Wildman–Crippen MR) is 122 cm³/mol. The van der Waals surface area contributed by atoms with Crippen LogP contribution in [0.2, 0.25) is 5.02 Å². The van der Waals surface area contributed by atoms with E-state index >= 15 is 0 Å². The molecule has 0 radical (unpaired) electrons. The molecule has 1 aliphatic rings. The number of thioether (sulfide) groups is 1. The summed E-state index contributed by atoms with van der Waals surface area (Å²) in [7, 11) is 0. The third kappa shape index (κ3) is 4.81. The Balaban J connectivity index is 1.45. The van der Waals surface area contributed by atoms with Gasteiger partial charge in [-0.3, -0.25) is 9.59 Å². The van der Waals surface area contributed by atoms with Crippen molar-refractivity contribution in [3.8, 4) is 5.75 Å². The number of hydrogen-bond donors (Lipinski definition) is 0. The van der Waals surface area contributed by atoms with E-state index in [2.05, 4.69) is 0 Å². The Morgan fingerprint density at radius 3 is 2.42 bits per heavy atom. The van der Waals surface area contributed by atoms with Crippen molar-refractivity contribution in [3.05, 3.63) is 99.2 Å². The zero-order chi connectivity index (χ0) is 22.0. The normalized spacial score (nSPS) is 15.1. The van der Waals surface area contributed by atoms with E-state index in [0.717, 1.165) is 33.9 Å². The molecule has 0 saturated carbocycles. The van der Waals surface area contributed by atoms with E-state index in [9.17, 15) is 14.0 Å². The molecule has 0 unspecified atom stereocenters. The summed E-state index contributed by atoms with van der Waals surface area (Å²) >= 11 is 6.61. The van der Waals surface area contributed by atoms with Crippen molar-refractivity contribution < 1.29 is 18.7 Å². The Kier molecular flexibility index (Phi) is 6.11. The Morgan fingerprint density at radius 1 is 1.03 bits per heavy atom. The largest absolute Gasteiger partial charge is 0.489 e. The van der Waals surface area contributed by atoms with Crippen LogP contribution in [0.4, 0.5) is 14.9 Å². The molecule has 1 heterocycles. The maximum Gasteiger partial charge on any atom is 0.298 e. The smallest absolute Gasteiger partial charge is 0.298 e. The standard InChI is InChI=1S/C24H17ClFNO3S/c1-15-2-4-17(5-3-15)14-30-19-9-6-16(7-10-19)12-22-23(28)27(24(29)31-22)18-8-11-21(26)20(25)13-18/h2-13H,14H2,1H3/b22-12-. The number of nitrogens with zero attached hydrogens (tertiary/aromatic N) is 1. The van der Waals surface area contributed by atoms with Crippen molar-refractivity contribution in [2.75, 3.05) is 4.90 Å². The number of benzene rings is 3. The molecule has 1 aliphatic heterocycles. The molecule has 4 nitrogen and oxygen atoms in total. The Morgan fingerprint density at radius 2 is 1.74 bits per heavy atom. The van der Waals surface area contributed by atoms with Gasteiger partial charge in [0.25, 0.3) is 11.1 Å². The molecule has 0 bridgehead atoms. The van der Waals surface area contributed by atoms with Gasteiger partial charge in [0, 0.05) is 0 Å². The average Bonchev–Trinajstić information content (AvgIpc) is 3.03. The third-order valence-electron chi connectivity index (χ3n) is 4.66. The minimum absolute atomic E-state index is 0.151. The van der Waals surface area contributed by atoms with Crippen LogP contribution in [0.25, 0.3) is 6.08 Å². The van der Waals surface area contributed by atoms with Crippen molar-refractivity contribution in [1.29, 1.82) is 0 Å². The van der Waals surface area contributed by atoms with Crippen molar-refractivity contribution in [1.82, 2.24) is 0 Å². The maximum absolute atomic E-state index is 13.4. The molecule has 0 aromatic heterocycles. The maximum atomic E-state index is 13.4. The first-order valence-electron chi connectivity index (χ1n) is 9.42. The number of rotatable bonds is 5. The number of carbonyl (C=O) groups excluding carboxylic acids is 2. The van der Waals surface area contributed by atoms with Gasteiger partial charge in [0.1, 0.15) is 18.2 Å². The van der Waals surface area contributed by atoms with Gasteiger partial charge in [-0.1, -0.05) is 53.6 Å². The molecule has 31 heavy (non-hydrogen) atoms. The fourth-order valence-electron chi connectivity index (χ4n) is 2.98. The summed E-state index contributed by atoms with van der Waals surface area (Å²) < 4.78 is 19.2. The van der Waals surface area contributed by atoms with E-state index in [1.807, 2.05) is 55.5 Å². The fourth-order valence-corrected chi connectivity index (χ4v) is 3.99. The summed E-state index contributed by atoms with van der Waals surface area (Å²) in [6.07, 6.45) is 1.64. The topological polar surface area (TPSA) is 46.6 Å². The number of imide groups is 1.